The van der Waals surface area contributed by atoms with Gasteiger partial charge in [-0.1, -0.05) is 11.6 Å². The number of carbonyl (C=O) groups excluding carboxylic acids is 2. The van der Waals surface area contributed by atoms with E-state index in [0.29, 0.717) is 0 Å². The highest BCUT2D eigenvalue weighted by atomic mass is 35.5. The van der Waals surface area contributed by atoms with Gasteiger partial charge in [-0.3, -0.25) is 9.59 Å². The number of nitrogens with one attached hydrogen (secondary N) is 1. The standard InChI is InChI=1S/C13H14ClFN2O2/c1-17(7-12(18)16-9-3-4-9)13(19)10-6-8(14)2-5-11(10)15/h2,5-6,9H,3-4,7H2,1H3,(H,16,18). The average molecular weight is 285 g/mol. The van der Waals surface area contributed by atoms with E-state index in [1.807, 2.05) is 0 Å². The molecule has 0 aromatic heterocycles. The molecule has 1 aliphatic rings. The molecule has 1 fully saturated rings. The minimum atomic E-state index is -0.649. The number of amides is 2. The minimum Gasteiger partial charge on any atom is -0.352 e. The maximum absolute atomic E-state index is 13.5. The van der Waals surface area contributed by atoms with Gasteiger partial charge in [0, 0.05) is 18.1 Å². The number of hydrogen-bond acceptors (Lipinski definition) is 2. The Morgan fingerprint density at radius 1 is 1.47 bits per heavy atom. The van der Waals surface area contributed by atoms with Crippen molar-refractivity contribution in [3.8, 4) is 0 Å². The summed E-state index contributed by atoms with van der Waals surface area (Å²) in [5, 5.41) is 3.04. The summed E-state index contributed by atoms with van der Waals surface area (Å²) in [6, 6.07) is 3.99. The van der Waals surface area contributed by atoms with Crippen LogP contribution in [0.1, 0.15) is 23.2 Å². The molecule has 0 saturated heterocycles. The third kappa shape index (κ3) is 3.67. The van der Waals surface area contributed by atoms with Crippen molar-refractivity contribution in [2.24, 2.45) is 0 Å². The predicted octanol–water partition coefficient (Wildman–Crippen LogP) is 1.83. The quantitative estimate of drug-likeness (QED) is 0.917. The lowest BCUT2D eigenvalue weighted by Crippen LogP contribution is -2.39. The van der Waals surface area contributed by atoms with Crippen LogP contribution in [0.4, 0.5) is 4.39 Å². The molecule has 6 heteroatoms. The Balaban J connectivity index is 2.01. The number of hydrogen-bond donors (Lipinski definition) is 1. The fraction of sp³-hybridized carbons (Fsp3) is 0.385. The second kappa shape index (κ2) is 5.57. The Kier molecular flexibility index (Phi) is 4.04. The summed E-state index contributed by atoms with van der Waals surface area (Å²) >= 11 is 5.73. The second-order valence-corrected chi connectivity index (χ2v) is 5.06. The first-order chi connectivity index (χ1) is 8.97. The monoisotopic (exact) mass is 284 g/mol. The maximum atomic E-state index is 13.5. The molecule has 0 radical (unpaired) electrons. The van der Waals surface area contributed by atoms with E-state index in [1.54, 1.807) is 0 Å². The van der Waals surface area contributed by atoms with Gasteiger partial charge in [0.05, 0.1) is 12.1 Å². The van der Waals surface area contributed by atoms with E-state index in [1.165, 1.54) is 24.1 Å². The number of carbonyl (C=O) groups is 2. The Morgan fingerprint density at radius 3 is 2.79 bits per heavy atom. The summed E-state index contributed by atoms with van der Waals surface area (Å²) in [6.45, 7) is -0.0959. The highest BCUT2D eigenvalue weighted by Gasteiger charge is 2.25. The molecule has 1 N–H and O–H groups in total. The minimum absolute atomic E-state index is 0.0959. The fourth-order valence-electron chi connectivity index (χ4n) is 1.66. The largest absolute Gasteiger partial charge is 0.352 e. The molecule has 2 amide bonds. The molecule has 1 saturated carbocycles. The van der Waals surface area contributed by atoms with Gasteiger partial charge in [0.2, 0.25) is 5.91 Å². The van der Waals surface area contributed by atoms with Crippen LogP contribution >= 0.6 is 11.6 Å². The molecule has 0 spiro atoms. The molecule has 4 nitrogen and oxygen atoms in total. The Hall–Kier alpha value is -1.62. The first-order valence-electron chi connectivity index (χ1n) is 5.97. The zero-order valence-electron chi connectivity index (χ0n) is 10.5. The van der Waals surface area contributed by atoms with E-state index in [2.05, 4.69) is 5.32 Å². The van der Waals surface area contributed by atoms with Gasteiger partial charge in [-0.25, -0.2) is 4.39 Å². The van der Waals surface area contributed by atoms with Crippen molar-refractivity contribution in [3.63, 3.8) is 0 Å². The summed E-state index contributed by atoms with van der Waals surface area (Å²) in [6.07, 6.45) is 1.96. The SMILES string of the molecule is CN(CC(=O)NC1CC1)C(=O)c1cc(Cl)ccc1F. The number of likely N-dealkylation sites (N-methyl/N-ethyl adjacent to an activating group) is 1. The van der Waals surface area contributed by atoms with E-state index in [4.69, 9.17) is 11.6 Å². The number of benzene rings is 1. The van der Waals surface area contributed by atoms with E-state index in [9.17, 15) is 14.0 Å². The molecule has 0 bridgehead atoms. The van der Waals surface area contributed by atoms with Gasteiger partial charge in [-0.15, -0.1) is 0 Å². The lowest BCUT2D eigenvalue weighted by molar-refractivity contribution is -0.121. The van der Waals surface area contributed by atoms with Crippen molar-refractivity contribution >= 4 is 23.4 Å². The number of rotatable bonds is 4. The zero-order valence-corrected chi connectivity index (χ0v) is 11.2. The Bertz CT molecular complexity index is 517. The van der Waals surface area contributed by atoms with E-state index >= 15 is 0 Å². The van der Waals surface area contributed by atoms with Crippen molar-refractivity contribution in [3.05, 3.63) is 34.6 Å². The van der Waals surface area contributed by atoms with Gasteiger partial charge >= 0.3 is 0 Å². The van der Waals surface area contributed by atoms with Crippen LogP contribution in [0, 0.1) is 5.82 Å². The van der Waals surface area contributed by atoms with Crippen molar-refractivity contribution in [1.82, 2.24) is 10.2 Å². The van der Waals surface area contributed by atoms with Crippen LogP contribution in [-0.2, 0) is 4.79 Å². The molecular weight excluding hydrogens is 271 g/mol. The second-order valence-electron chi connectivity index (χ2n) is 4.63. The molecule has 1 aromatic carbocycles. The fourth-order valence-corrected chi connectivity index (χ4v) is 1.83. The summed E-state index contributed by atoms with van der Waals surface area (Å²) in [4.78, 5) is 24.7. The molecule has 19 heavy (non-hydrogen) atoms. The molecule has 2 rings (SSSR count). The first kappa shape index (κ1) is 13.8. The number of halogens is 2. The van der Waals surface area contributed by atoms with E-state index in [-0.39, 0.29) is 29.1 Å². The van der Waals surface area contributed by atoms with E-state index in [0.717, 1.165) is 18.9 Å². The van der Waals surface area contributed by atoms with Crippen molar-refractivity contribution in [2.75, 3.05) is 13.6 Å². The molecule has 0 heterocycles. The summed E-state index contributed by atoms with van der Waals surface area (Å²) < 4.78 is 13.5. The first-order valence-corrected chi connectivity index (χ1v) is 6.35. The number of nitrogens with zero attached hydrogens (tertiary/aromatic N) is 1. The highest BCUT2D eigenvalue weighted by Crippen LogP contribution is 2.19. The Morgan fingerprint density at radius 2 is 2.16 bits per heavy atom. The third-order valence-corrected chi connectivity index (χ3v) is 3.06. The van der Waals surface area contributed by atoms with Crippen LogP contribution in [0.25, 0.3) is 0 Å². The van der Waals surface area contributed by atoms with Gasteiger partial charge in [0.25, 0.3) is 5.91 Å². The van der Waals surface area contributed by atoms with Crippen molar-refractivity contribution in [2.45, 2.75) is 18.9 Å². The highest BCUT2D eigenvalue weighted by molar-refractivity contribution is 6.31. The summed E-state index contributed by atoms with van der Waals surface area (Å²) in [7, 11) is 1.45. The molecule has 0 aliphatic heterocycles. The van der Waals surface area contributed by atoms with Crippen molar-refractivity contribution in [1.29, 1.82) is 0 Å². The smallest absolute Gasteiger partial charge is 0.257 e. The van der Waals surface area contributed by atoms with Crippen LogP contribution < -0.4 is 5.32 Å². The van der Waals surface area contributed by atoms with Gasteiger partial charge in [0.1, 0.15) is 5.82 Å². The van der Waals surface area contributed by atoms with Crippen LogP contribution in [0.5, 0.6) is 0 Å². The van der Waals surface area contributed by atoms with Gasteiger partial charge in [-0.05, 0) is 31.0 Å². The van der Waals surface area contributed by atoms with Gasteiger partial charge in [0.15, 0.2) is 0 Å². The van der Waals surface area contributed by atoms with Crippen LogP contribution in [0.3, 0.4) is 0 Å². The predicted molar refractivity (Wildman–Crippen MR) is 69.5 cm³/mol. The normalized spacial score (nSPS) is 14.1. The summed E-state index contributed by atoms with van der Waals surface area (Å²) in [5.41, 5.74) is -0.130. The van der Waals surface area contributed by atoms with Crippen LogP contribution in [-0.4, -0.2) is 36.3 Å². The van der Waals surface area contributed by atoms with E-state index < -0.39 is 11.7 Å². The topological polar surface area (TPSA) is 49.4 Å². The lowest BCUT2D eigenvalue weighted by atomic mass is 10.2. The molecule has 102 valence electrons. The zero-order chi connectivity index (χ0) is 14.0. The Labute approximate surface area is 115 Å². The van der Waals surface area contributed by atoms with Gasteiger partial charge < -0.3 is 10.2 Å². The van der Waals surface area contributed by atoms with Crippen molar-refractivity contribution < 1.29 is 14.0 Å². The lowest BCUT2D eigenvalue weighted by Gasteiger charge is -2.17. The maximum Gasteiger partial charge on any atom is 0.257 e. The van der Waals surface area contributed by atoms with Crippen LogP contribution in [0.2, 0.25) is 5.02 Å². The third-order valence-electron chi connectivity index (χ3n) is 2.83. The average Bonchev–Trinajstić information content (AvgIpc) is 3.15. The molecule has 1 aliphatic carbocycles. The molecule has 0 atom stereocenters. The molecule has 0 unspecified atom stereocenters. The molecular formula is C13H14ClFN2O2. The van der Waals surface area contributed by atoms with Crippen LogP contribution in [0.15, 0.2) is 18.2 Å². The van der Waals surface area contributed by atoms with Gasteiger partial charge in [-0.2, -0.15) is 0 Å². The molecule has 1 aromatic rings. The summed E-state index contributed by atoms with van der Waals surface area (Å²) in [5.74, 6) is -1.45.